The van der Waals surface area contributed by atoms with Gasteiger partial charge in [-0.05, 0) is 29.8 Å². The van der Waals surface area contributed by atoms with Crippen LogP contribution in [-0.2, 0) is 6.42 Å². The van der Waals surface area contributed by atoms with Crippen LogP contribution in [0.3, 0.4) is 0 Å². The molecular weight excluding hydrogens is 305 g/mol. The Morgan fingerprint density at radius 2 is 1.95 bits per heavy atom. The largest absolute Gasteiger partial charge is 0.435 e. The second-order valence-electron chi connectivity index (χ2n) is 4.24. The Morgan fingerprint density at radius 1 is 1.19 bits per heavy atom. The van der Waals surface area contributed by atoms with Crippen LogP contribution in [0.25, 0.3) is 0 Å². The first-order valence-electron chi connectivity index (χ1n) is 5.97. The van der Waals surface area contributed by atoms with E-state index in [1.807, 2.05) is 0 Å². The van der Waals surface area contributed by atoms with Gasteiger partial charge in [0, 0.05) is 17.0 Å². The highest BCUT2D eigenvalue weighted by Crippen LogP contribution is 2.19. The minimum atomic E-state index is -2.97. The predicted octanol–water partition coefficient (Wildman–Crippen LogP) is 4.51. The summed E-state index contributed by atoms with van der Waals surface area (Å²) < 4.78 is 42.1. The molecule has 0 aromatic heterocycles. The predicted molar refractivity (Wildman–Crippen MR) is 72.5 cm³/mol. The van der Waals surface area contributed by atoms with Gasteiger partial charge in [-0.3, -0.25) is 4.79 Å². The Hall–Kier alpha value is -2.01. The zero-order valence-electron chi connectivity index (χ0n) is 10.7. The molecule has 0 fully saturated rings. The molecule has 0 heterocycles. The lowest BCUT2D eigenvalue weighted by molar-refractivity contribution is -0.0498. The molecule has 0 saturated heterocycles. The molecule has 0 aliphatic rings. The SMILES string of the molecule is O=C(Cc1ccc(Cl)cc1F)c1cccc(OC(F)F)c1. The molecule has 0 aliphatic heterocycles. The van der Waals surface area contributed by atoms with E-state index < -0.39 is 18.2 Å². The number of Topliss-reactive ketones (excluding diaryl/α,β-unsaturated/α-hetero) is 1. The topological polar surface area (TPSA) is 26.3 Å². The molecular formula is C15H10ClF3O2. The van der Waals surface area contributed by atoms with E-state index in [4.69, 9.17) is 11.6 Å². The van der Waals surface area contributed by atoms with Crippen LogP contribution < -0.4 is 4.74 Å². The van der Waals surface area contributed by atoms with Gasteiger partial charge in [-0.25, -0.2) is 4.39 Å². The van der Waals surface area contributed by atoms with Crippen LogP contribution in [0.1, 0.15) is 15.9 Å². The molecule has 21 heavy (non-hydrogen) atoms. The van der Waals surface area contributed by atoms with Crippen molar-refractivity contribution in [3.8, 4) is 5.75 Å². The maximum atomic E-state index is 13.6. The summed E-state index contributed by atoms with van der Waals surface area (Å²) in [6, 6.07) is 9.38. The van der Waals surface area contributed by atoms with E-state index in [1.165, 1.54) is 36.4 Å². The molecule has 0 N–H and O–H groups in total. The molecule has 2 aromatic rings. The van der Waals surface area contributed by atoms with Gasteiger partial charge >= 0.3 is 6.61 Å². The molecule has 2 aromatic carbocycles. The Labute approximate surface area is 124 Å². The lowest BCUT2D eigenvalue weighted by atomic mass is 10.0. The molecule has 2 nitrogen and oxygen atoms in total. The van der Waals surface area contributed by atoms with Crippen molar-refractivity contribution in [3.63, 3.8) is 0 Å². The number of hydrogen-bond donors (Lipinski definition) is 0. The summed E-state index contributed by atoms with van der Waals surface area (Å²) in [4.78, 5) is 12.0. The Kier molecular flexibility index (Phi) is 4.85. The molecule has 6 heteroatoms. The lowest BCUT2D eigenvalue weighted by Crippen LogP contribution is -2.07. The van der Waals surface area contributed by atoms with Crippen LogP contribution in [0.4, 0.5) is 13.2 Å². The van der Waals surface area contributed by atoms with Gasteiger partial charge < -0.3 is 4.74 Å². The molecule has 0 spiro atoms. The smallest absolute Gasteiger partial charge is 0.387 e. The van der Waals surface area contributed by atoms with Gasteiger partial charge in [0.2, 0.25) is 0 Å². The van der Waals surface area contributed by atoms with Crippen molar-refractivity contribution in [1.29, 1.82) is 0 Å². The number of hydrogen-bond acceptors (Lipinski definition) is 2. The maximum Gasteiger partial charge on any atom is 0.387 e. The normalized spacial score (nSPS) is 10.7. The molecule has 2 rings (SSSR count). The maximum absolute atomic E-state index is 13.6. The van der Waals surface area contributed by atoms with Gasteiger partial charge in [-0.1, -0.05) is 29.8 Å². The van der Waals surface area contributed by atoms with E-state index >= 15 is 0 Å². The van der Waals surface area contributed by atoms with Crippen LogP contribution in [0.5, 0.6) is 5.75 Å². The van der Waals surface area contributed by atoms with Crippen molar-refractivity contribution in [2.75, 3.05) is 0 Å². The number of benzene rings is 2. The number of ketones is 1. The van der Waals surface area contributed by atoms with Gasteiger partial charge in [0.15, 0.2) is 5.78 Å². The van der Waals surface area contributed by atoms with Crippen LogP contribution in [0, 0.1) is 5.82 Å². The fourth-order valence-electron chi connectivity index (χ4n) is 1.79. The van der Waals surface area contributed by atoms with Crippen molar-refractivity contribution < 1.29 is 22.7 Å². The second kappa shape index (κ2) is 6.63. The quantitative estimate of drug-likeness (QED) is 0.759. The number of carbonyl (C=O) groups is 1. The molecule has 0 amide bonds. The summed E-state index contributed by atoms with van der Waals surface area (Å²) >= 11 is 5.63. The van der Waals surface area contributed by atoms with Crippen molar-refractivity contribution in [2.24, 2.45) is 0 Å². The van der Waals surface area contributed by atoms with Gasteiger partial charge in [0.05, 0.1) is 0 Å². The van der Waals surface area contributed by atoms with E-state index in [1.54, 1.807) is 0 Å². The molecule has 0 saturated carbocycles. The monoisotopic (exact) mass is 314 g/mol. The molecule has 0 aliphatic carbocycles. The first-order valence-corrected chi connectivity index (χ1v) is 6.35. The highest BCUT2D eigenvalue weighted by Gasteiger charge is 2.13. The first-order chi connectivity index (χ1) is 9.95. The summed E-state index contributed by atoms with van der Waals surface area (Å²) in [6.07, 6.45) is -0.193. The lowest BCUT2D eigenvalue weighted by Gasteiger charge is -2.07. The van der Waals surface area contributed by atoms with E-state index in [9.17, 15) is 18.0 Å². The number of halogens is 4. The number of alkyl halides is 2. The van der Waals surface area contributed by atoms with Crippen molar-refractivity contribution in [1.82, 2.24) is 0 Å². The van der Waals surface area contributed by atoms with Gasteiger partial charge in [-0.2, -0.15) is 8.78 Å². The van der Waals surface area contributed by atoms with Crippen LogP contribution in [-0.4, -0.2) is 12.4 Å². The van der Waals surface area contributed by atoms with Crippen LogP contribution in [0.15, 0.2) is 42.5 Å². The summed E-state index contributed by atoms with van der Waals surface area (Å²) in [6.45, 7) is -2.97. The summed E-state index contributed by atoms with van der Waals surface area (Å²) in [5, 5.41) is 0.232. The molecule has 0 radical (unpaired) electrons. The van der Waals surface area contributed by atoms with Crippen molar-refractivity contribution in [3.05, 3.63) is 64.4 Å². The Balaban J connectivity index is 2.16. The average molecular weight is 315 g/mol. The first kappa shape index (κ1) is 15.4. The number of rotatable bonds is 5. The van der Waals surface area contributed by atoms with Crippen molar-refractivity contribution >= 4 is 17.4 Å². The number of carbonyl (C=O) groups excluding carboxylic acids is 1. The fraction of sp³-hybridized carbons (Fsp3) is 0.133. The summed E-state index contributed by atoms with van der Waals surface area (Å²) in [5.74, 6) is -1.11. The van der Waals surface area contributed by atoms with Gasteiger partial charge in [-0.15, -0.1) is 0 Å². The zero-order chi connectivity index (χ0) is 15.4. The van der Waals surface area contributed by atoms with E-state index in [0.29, 0.717) is 0 Å². The molecule has 0 unspecified atom stereocenters. The highest BCUT2D eigenvalue weighted by atomic mass is 35.5. The number of ether oxygens (including phenoxy) is 1. The molecule has 0 bridgehead atoms. The van der Waals surface area contributed by atoms with Gasteiger partial charge in [0.1, 0.15) is 11.6 Å². The molecule has 110 valence electrons. The van der Waals surface area contributed by atoms with E-state index in [0.717, 1.165) is 6.07 Å². The standard InChI is InChI=1S/C15H10ClF3O2/c16-11-5-4-9(13(17)8-11)7-14(20)10-2-1-3-12(6-10)21-15(18)19/h1-6,8,15H,7H2. The third-order valence-electron chi connectivity index (χ3n) is 2.75. The van der Waals surface area contributed by atoms with Crippen LogP contribution >= 0.6 is 11.6 Å². The van der Waals surface area contributed by atoms with E-state index in [2.05, 4.69) is 4.74 Å². The minimum absolute atomic E-state index is 0.118. The third kappa shape index (κ3) is 4.23. The van der Waals surface area contributed by atoms with Crippen molar-refractivity contribution in [2.45, 2.75) is 13.0 Å². The van der Waals surface area contributed by atoms with E-state index in [-0.39, 0.29) is 28.3 Å². The minimum Gasteiger partial charge on any atom is -0.435 e. The Bertz CT molecular complexity index is 659. The third-order valence-corrected chi connectivity index (χ3v) is 2.98. The summed E-state index contributed by atoms with van der Waals surface area (Å²) in [7, 11) is 0. The fourth-order valence-corrected chi connectivity index (χ4v) is 1.94. The molecule has 0 atom stereocenters. The Morgan fingerprint density at radius 3 is 2.62 bits per heavy atom. The zero-order valence-corrected chi connectivity index (χ0v) is 11.4. The second-order valence-corrected chi connectivity index (χ2v) is 4.68. The highest BCUT2D eigenvalue weighted by molar-refractivity contribution is 6.30. The van der Waals surface area contributed by atoms with Crippen LogP contribution in [0.2, 0.25) is 5.02 Å². The summed E-state index contributed by atoms with van der Waals surface area (Å²) in [5.41, 5.74) is 0.354. The van der Waals surface area contributed by atoms with Gasteiger partial charge in [0.25, 0.3) is 0 Å². The average Bonchev–Trinajstić information content (AvgIpc) is 2.41.